The van der Waals surface area contributed by atoms with E-state index < -0.39 is 0 Å². The Morgan fingerprint density at radius 3 is 2.69 bits per heavy atom. The molecule has 1 aliphatic heterocycles. The number of hydrogen-bond acceptors (Lipinski definition) is 2. The molecule has 88 valence electrons. The van der Waals surface area contributed by atoms with Crippen molar-refractivity contribution in [3.05, 3.63) is 34.6 Å². The Bertz CT molecular complexity index is 393. The van der Waals surface area contributed by atoms with E-state index >= 15 is 0 Å². The molecule has 1 aromatic carbocycles. The predicted molar refractivity (Wildman–Crippen MR) is 62.1 cm³/mol. The number of benzene rings is 1. The first-order chi connectivity index (χ1) is 7.60. The van der Waals surface area contributed by atoms with Crippen LogP contribution in [0.25, 0.3) is 0 Å². The Labute approximate surface area is 99.5 Å². The van der Waals surface area contributed by atoms with Gasteiger partial charge in [0.05, 0.1) is 18.2 Å². The summed E-state index contributed by atoms with van der Waals surface area (Å²) in [5, 5.41) is 0.160. The molecular formula is C12H15ClFNO. The first-order valence-corrected chi connectivity index (χ1v) is 5.71. The largest absolute Gasteiger partial charge is 0.379 e. The van der Waals surface area contributed by atoms with E-state index in [1.54, 1.807) is 12.1 Å². The molecule has 0 saturated carbocycles. The second-order valence-electron chi connectivity index (χ2n) is 4.41. The van der Waals surface area contributed by atoms with Crippen LogP contribution >= 0.6 is 11.6 Å². The van der Waals surface area contributed by atoms with Gasteiger partial charge in [0, 0.05) is 5.41 Å². The van der Waals surface area contributed by atoms with E-state index in [0.717, 1.165) is 5.56 Å². The third-order valence-corrected chi connectivity index (χ3v) is 3.80. The fourth-order valence-electron chi connectivity index (χ4n) is 2.09. The van der Waals surface area contributed by atoms with Crippen molar-refractivity contribution in [3.8, 4) is 0 Å². The summed E-state index contributed by atoms with van der Waals surface area (Å²) in [5.74, 6) is -0.0935. The van der Waals surface area contributed by atoms with Gasteiger partial charge in [-0.1, -0.05) is 24.6 Å². The summed E-state index contributed by atoms with van der Waals surface area (Å²) in [6, 6.07) is 4.86. The van der Waals surface area contributed by atoms with Crippen molar-refractivity contribution in [2.75, 3.05) is 19.8 Å². The third-order valence-electron chi connectivity index (χ3n) is 3.51. The zero-order chi connectivity index (χ0) is 11.8. The lowest BCUT2D eigenvalue weighted by Crippen LogP contribution is -2.53. The first-order valence-electron chi connectivity index (χ1n) is 5.33. The van der Waals surface area contributed by atoms with E-state index in [-0.39, 0.29) is 16.3 Å². The molecule has 1 atom stereocenters. The third kappa shape index (κ3) is 1.73. The SMILES string of the molecule is CC(CN)C1(c2ccc(F)c(Cl)c2)COC1. The van der Waals surface area contributed by atoms with Gasteiger partial charge < -0.3 is 10.5 Å². The van der Waals surface area contributed by atoms with Gasteiger partial charge >= 0.3 is 0 Å². The summed E-state index contributed by atoms with van der Waals surface area (Å²) in [6.07, 6.45) is 0. The van der Waals surface area contributed by atoms with Gasteiger partial charge in [0.15, 0.2) is 0 Å². The van der Waals surface area contributed by atoms with Crippen LogP contribution in [0.3, 0.4) is 0 Å². The fourth-order valence-corrected chi connectivity index (χ4v) is 2.27. The van der Waals surface area contributed by atoms with Gasteiger partial charge in [-0.2, -0.15) is 0 Å². The number of hydrogen-bond donors (Lipinski definition) is 1. The van der Waals surface area contributed by atoms with E-state index in [4.69, 9.17) is 22.1 Å². The van der Waals surface area contributed by atoms with Gasteiger partial charge in [-0.3, -0.25) is 0 Å². The predicted octanol–water partition coefficient (Wildman–Crippen LogP) is 2.34. The van der Waals surface area contributed by atoms with Crippen LogP contribution in [0.1, 0.15) is 12.5 Å². The number of halogens is 2. The molecule has 1 aromatic rings. The van der Waals surface area contributed by atoms with Gasteiger partial charge in [0.1, 0.15) is 5.82 Å². The van der Waals surface area contributed by atoms with E-state index in [1.165, 1.54) is 6.07 Å². The van der Waals surface area contributed by atoms with Crippen LogP contribution in [0.5, 0.6) is 0 Å². The second-order valence-corrected chi connectivity index (χ2v) is 4.82. The molecule has 4 heteroatoms. The van der Waals surface area contributed by atoms with Crippen molar-refractivity contribution in [1.29, 1.82) is 0 Å². The molecule has 1 unspecified atom stereocenters. The fraction of sp³-hybridized carbons (Fsp3) is 0.500. The standard InChI is InChI=1S/C12H15ClFNO/c1-8(5-15)12(6-16-7-12)9-2-3-11(14)10(13)4-9/h2-4,8H,5-7,15H2,1H3. The molecule has 1 saturated heterocycles. The van der Waals surface area contributed by atoms with Crippen molar-refractivity contribution in [2.24, 2.45) is 11.7 Å². The van der Waals surface area contributed by atoms with Crippen LogP contribution in [0, 0.1) is 11.7 Å². The minimum atomic E-state index is -0.388. The Hall–Kier alpha value is -0.640. The highest BCUT2D eigenvalue weighted by Crippen LogP contribution is 2.40. The van der Waals surface area contributed by atoms with Gasteiger partial charge in [-0.25, -0.2) is 4.39 Å². The zero-order valence-electron chi connectivity index (χ0n) is 9.17. The van der Waals surface area contributed by atoms with Crippen molar-refractivity contribution in [1.82, 2.24) is 0 Å². The van der Waals surface area contributed by atoms with E-state index in [0.29, 0.717) is 25.7 Å². The second kappa shape index (κ2) is 4.32. The Balaban J connectivity index is 2.37. The number of ether oxygens (including phenoxy) is 1. The van der Waals surface area contributed by atoms with Crippen LogP contribution in [0.15, 0.2) is 18.2 Å². The van der Waals surface area contributed by atoms with Gasteiger partial charge in [-0.15, -0.1) is 0 Å². The molecule has 0 amide bonds. The molecule has 0 bridgehead atoms. The summed E-state index contributed by atoms with van der Waals surface area (Å²) >= 11 is 5.80. The van der Waals surface area contributed by atoms with Crippen molar-refractivity contribution in [2.45, 2.75) is 12.3 Å². The maximum Gasteiger partial charge on any atom is 0.141 e. The molecule has 0 radical (unpaired) electrons. The maximum atomic E-state index is 13.1. The van der Waals surface area contributed by atoms with Gasteiger partial charge in [0.2, 0.25) is 0 Å². The molecule has 1 fully saturated rings. The highest BCUT2D eigenvalue weighted by Gasteiger charge is 2.44. The summed E-state index contributed by atoms with van der Waals surface area (Å²) in [5.41, 5.74) is 6.64. The average Bonchev–Trinajstić information content (AvgIpc) is 2.21. The average molecular weight is 244 g/mol. The van der Waals surface area contributed by atoms with Gasteiger partial charge in [-0.05, 0) is 30.2 Å². The van der Waals surface area contributed by atoms with E-state index in [1.807, 2.05) is 0 Å². The molecule has 1 aliphatic rings. The van der Waals surface area contributed by atoms with Crippen LogP contribution in [-0.4, -0.2) is 19.8 Å². The molecule has 0 aromatic heterocycles. The molecule has 0 aliphatic carbocycles. The van der Waals surface area contributed by atoms with E-state index in [9.17, 15) is 4.39 Å². The molecule has 0 spiro atoms. The van der Waals surface area contributed by atoms with Crippen molar-refractivity contribution in [3.63, 3.8) is 0 Å². The monoisotopic (exact) mass is 243 g/mol. The van der Waals surface area contributed by atoms with Crippen LogP contribution < -0.4 is 5.73 Å². The lowest BCUT2D eigenvalue weighted by molar-refractivity contribution is -0.0854. The molecule has 2 rings (SSSR count). The summed E-state index contributed by atoms with van der Waals surface area (Å²) in [7, 11) is 0. The summed E-state index contributed by atoms with van der Waals surface area (Å²) in [4.78, 5) is 0. The minimum absolute atomic E-state index is 0.0912. The summed E-state index contributed by atoms with van der Waals surface area (Å²) < 4.78 is 18.4. The Kier molecular flexibility index (Phi) is 3.19. The normalized spacial score (nSPS) is 20.2. The molecule has 2 nitrogen and oxygen atoms in total. The van der Waals surface area contributed by atoms with Crippen LogP contribution in [0.2, 0.25) is 5.02 Å². The molecule has 1 heterocycles. The van der Waals surface area contributed by atoms with Crippen LogP contribution in [0.4, 0.5) is 4.39 Å². The van der Waals surface area contributed by atoms with Crippen molar-refractivity contribution >= 4 is 11.6 Å². The quantitative estimate of drug-likeness (QED) is 0.885. The number of nitrogens with two attached hydrogens (primary N) is 1. The smallest absolute Gasteiger partial charge is 0.141 e. The lowest BCUT2D eigenvalue weighted by atomic mass is 9.69. The van der Waals surface area contributed by atoms with E-state index in [2.05, 4.69) is 6.92 Å². The highest BCUT2D eigenvalue weighted by molar-refractivity contribution is 6.30. The summed E-state index contributed by atoms with van der Waals surface area (Å²) in [6.45, 7) is 3.93. The number of rotatable bonds is 3. The molecular weight excluding hydrogens is 229 g/mol. The topological polar surface area (TPSA) is 35.2 Å². The molecule has 16 heavy (non-hydrogen) atoms. The maximum absolute atomic E-state index is 13.1. The molecule has 2 N–H and O–H groups in total. The van der Waals surface area contributed by atoms with Gasteiger partial charge in [0.25, 0.3) is 0 Å². The van der Waals surface area contributed by atoms with Crippen LogP contribution in [-0.2, 0) is 10.2 Å². The Morgan fingerprint density at radius 2 is 2.25 bits per heavy atom. The minimum Gasteiger partial charge on any atom is -0.379 e. The highest BCUT2D eigenvalue weighted by atomic mass is 35.5. The lowest BCUT2D eigenvalue weighted by Gasteiger charge is -2.46. The van der Waals surface area contributed by atoms with Crippen molar-refractivity contribution < 1.29 is 9.13 Å². The Morgan fingerprint density at radius 1 is 1.56 bits per heavy atom. The zero-order valence-corrected chi connectivity index (χ0v) is 9.93. The first kappa shape index (κ1) is 11.8.